The molecule has 1 N–H and O–H groups in total. The van der Waals surface area contributed by atoms with Gasteiger partial charge in [0.25, 0.3) is 5.91 Å². The van der Waals surface area contributed by atoms with Crippen molar-refractivity contribution >= 4 is 28.3 Å². The summed E-state index contributed by atoms with van der Waals surface area (Å²) in [6.45, 7) is 1.17. The van der Waals surface area contributed by atoms with Gasteiger partial charge in [0.2, 0.25) is 5.91 Å². The van der Waals surface area contributed by atoms with Crippen molar-refractivity contribution < 1.29 is 9.59 Å². The third-order valence-electron chi connectivity index (χ3n) is 4.30. The van der Waals surface area contributed by atoms with E-state index in [1.165, 1.54) is 29.9 Å². The van der Waals surface area contributed by atoms with Gasteiger partial charge in [-0.25, -0.2) is 9.97 Å². The number of thiazole rings is 1. The van der Waals surface area contributed by atoms with Gasteiger partial charge in [-0.1, -0.05) is 41.7 Å². The van der Waals surface area contributed by atoms with Crippen LogP contribution < -0.4 is 5.32 Å². The number of fused-ring (bicyclic) bond motifs is 1. The first-order chi connectivity index (χ1) is 13.2. The first-order valence-corrected chi connectivity index (χ1v) is 9.38. The average Bonchev–Trinajstić information content (AvgIpc) is 3.10. The second-order valence-electron chi connectivity index (χ2n) is 6.16. The maximum atomic E-state index is 12.6. The first-order valence-electron chi connectivity index (χ1n) is 8.56. The molecule has 4 rings (SSSR count). The van der Waals surface area contributed by atoms with Crippen LogP contribution in [0.2, 0.25) is 0 Å². The molecule has 1 aliphatic rings. The summed E-state index contributed by atoms with van der Waals surface area (Å²) in [5.74, 6) is -0.239. The normalized spacial score (nSPS) is 13.1. The number of amides is 2. The molecule has 2 aromatic heterocycles. The van der Waals surface area contributed by atoms with Gasteiger partial charge in [-0.2, -0.15) is 0 Å². The molecule has 2 amide bonds. The number of carbonyl (C=O) groups excluding carboxylic acids is 2. The van der Waals surface area contributed by atoms with E-state index in [1.54, 1.807) is 0 Å². The highest BCUT2D eigenvalue weighted by Crippen LogP contribution is 2.28. The number of benzene rings is 1. The summed E-state index contributed by atoms with van der Waals surface area (Å²) in [5, 5.41) is 3.28. The third kappa shape index (κ3) is 4.01. The van der Waals surface area contributed by atoms with Gasteiger partial charge in [0.05, 0.1) is 24.9 Å². The second-order valence-corrected chi connectivity index (χ2v) is 7.24. The van der Waals surface area contributed by atoms with E-state index >= 15 is 0 Å². The molecule has 0 bridgehead atoms. The molecule has 0 saturated heterocycles. The molecule has 136 valence electrons. The van der Waals surface area contributed by atoms with E-state index in [1.807, 2.05) is 35.2 Å². The topological polar surface area (TPSA) is 88.1 Å². The Hall–Kier alpha value is -3.13. The molecule has 3 aromatic rings. The molecule has 7 nitrogen and oxygen atoms in total. The Morgan fingerprint density at radius 1 is 1.19 bits per heavy atom. The Balaban J connectivity index is 1.41. The summed E-state index contributed by atoms with van der Waals surface area (Å²) in [7, 11) is 0. The molecule has 0 saturated carbocycles. The SMILES string of the molecule is O=C(Nc1nc2c(s1)CN(C(=O)Cc1ccccc1)CC2)c1cnccn1. The molecule has 0 spiro atoms. The molecule has 0 aliphatic carbocycles. The fourth-order valence-electron chi connectivity index (χ4n) is 2.92. The molecule has 0 fully saturated rings. The number of carbonyl (C=O) groups is 2. The van der Waals surface area contributed by atoms with E-state index in [9.17, 15) is 9.59 Å². The predicted molar refractivity (Wildman–Crippen MR) is 101 cm³/mol. The highest BCUT2D eigenvalue weighted by molar-refractivity contribution is 7.15. The number of hydrogen-bond donors (Lipinski definition) is 1. The van der Waals surface area contributed by atoms with E-state index < -0.39 is 0 Å². The summed E-state index contributed by atoms with van der Waals surface area (Å²) < 4.78 is 0. The molecule has 0 radical (unpaired) electrons. The number of aromatic nitrogens is 3. The van der Waals surface area contributed by atoms with Crippen LogP contribution in [-0.2, 0) is 24.2 Å². The van der Waals surface area contributed by atoms with Crippen molar-refractivity contribution in [2.45, 2.75) is 19.4 Å². The van der Waals surface area contributed by atoms with Crippen molar-refractivity contribution in [1.82, 2.24) is 19.9 Å². The second kappa shape index (κ2) is 7.63. The zero-order valence-corrected chi connectivity index (χ0v) is 15.3. The van der Waals surface area contributed by atoms with Crippen LogP contribution in [0.5, 0.6) is 0 Å². The minimum atomic E-state index is -0.341. The summed E-state index contributed by atoms with van der Waals surface area (Å²) in [6.07, 6.45) is 5.48. The van der Waals surface area contributed by atoms with Crippen LogP contribution in [0.3, 0.4) is 0 Å². The van der Waals surface area contributed by atoms with Crippen molar-refractivity contribution in [3.05, 3.63) is 70.8 Å². The summed E-state index contributed by atoms with van der Waals surface area (Å²) in [4.78, 5) is 40.0. The standard InChI is InChI=1S/C19H17N5O2S/c25-17(10-13-4-2-1-3-5-13)24-9-6-14-16(12-24)27-19(22-14)23-18(26)15-11-20-7-8-21-15/h1-5,7-8,11H,6,9-10,12H2,(H,22,23,26). The molecule has 8 heteroatoms. The number of anilines is 1. The van der Waals surface area contributed by atoms with E-state index in [0.29, 0.717) is 31.1 Å². The summed E-state index contributed by atoms with van der Waals surface area (Å²) >= 11 is 1.40. The lowest BCUT2D eigenvalue weighted by atomic mass is 10.1. The Morgan fingerprint density at radius 3 is 2.81 bits per heavy atom. The molecular weight excluding hydrogens is 362 g/mol. The van der Waals surface area contributed by atoms with Gasteiger partial charge in [0.1, 0.15) is 5.69 Å². The van der Waals surface area contributed by atoms with Gasteiger partial charge >= 0.3 is 0 Å². The van der Waals surface area contributed by atoms with Crippen LogP contribution in [0.15, 0.2) is 48.9 Å². The molecule has 27 heavy (non-hydrogen) atoms. The fourth-order valence-corrected chi connectivity index (χ4v) is 3.94. The molecule has 1 aliphatic heterocycles. The van der Waals surface area contributed by atoms with Crippen molar-refractivity contribution in [1.29, 1.82) is 0 Å². The van der Waals surface area contributed by atoms with E-state index in [4.69, 9.17) is 0 Å². The van der Waals surface area contributed by atoms with Crippen LogP contribution >= 0.6 is 11.3 Å². The number of nitrogens with one attached hydrogen (secondary N) is 1. The van der Waals surface area contributed by atoms with Gasteiger partial charge in [-0.15, -0.1) is 0 Å². The largest absolute Gasteiger partial charge is 0.337 e. The lowest BCUT2D eigenvalue weighted by Crippen LogP contribution is -2.36. The van der Waals surface area contributed by atoms with Gasteiger partial charge in [-0.05, 0) is 5.56 Å². The van der Waals surface area contributed by atoms with Crippen LogP contribution in [0.25, 0.3) is 0 Å². The van der Waals surface area contributed by atoms with Crippen molar-refractivity contribution in [3.8, 4) is 0 Å². The maximum absolute atomic E-state index is 12.6. The zero-order valence-electron chi connectivity index (χ0n) is 14.5. The van der Waals surface area contributed by atoms with Crippen molar-refractivity contribution in [2.75, 3.05) is 11.9 Å². The smallest absolute Gasteiger partial charge is 0.277 e. The monoisotopic (exact) mass is 379 g/mol. The quantitative estimate of drug-likeness (QED) is 0.752. The Kier molecular flexibility index (Phi) is 4.88. The van der Waals surface area contributed by atoms with E-state index in [0.717, 1.165) is 16.1 Å². The minimum Gasteiger partial charge on any atom is -0.337 e. The van der Waals surface area contributed by atoms with E-state index in [-0.39, 0.29) is 17.5 Å². The number of rotatable bonds is 4. The average molecular weight is 379 g/mol. The Labute approximate surface area is 160 Å². The van der Waals surface area contributed by atoms with E-state index in [2.05, 4.69) is 20.3 Å². The lowest BCUT2D eigenvalue weighted by molar-refractivity contribution is -0.131. The number of hydrogen-bond acceptors (Lipinski definition) is 6. The molecule has 1 aromatic carbocycles. The van der Waals surface area contributed by atoms with Gasteiger partial charge < -0.3 is 4.90 Å². The predicted octanol–water partition coefficient (Wildman–Crippen LogP) is 2.31. The summed E-state index contributed by atoms with van der Waals surface area (Å²) in [6, 6.07) is 9.73. The zero-order chi connectivity index (χ0) is 18.6. The Morgan fingerprint density at radius 2 is 2.04 bits per heavy atom. The third-order valence-corrected chi connectivity index (χ3v) is 5.30. The van der Waals surface area contributed by atoms with Crippen LogP contribution in [-0.4, -0.2) is 38.2 Å². The van der Waals surface area contributed by atoms with Crippen molar-refractivity contribution in [2.24, 2.45) is 0 Å². The van der Waals surface area contributed by atoms with Gasteiger partial charge in [0, 0.05) is 30.2 Å². The molecule has 3 heterocycles. The maximum Gasteiger partial charge on any atom is 0.277 e. The highest BCUT2D eigenvalue weighted by Gasteiger charge is 2.24. The lowest BCUT2D eigenvalue weighted by Gasteiger charge is -2.26. The Bertz CT molecular complexity index is 959. The number of nitrogens with zero attached hydrogens (tertiary/aromatic N) is 4. The van der Waals surface area contributed by atoms with Crippen LogP contribution in [0.1, 0.15) is 26.6 Å². The fraction of sp³-hybridized carbons (Fsp3) is 0.211. The van der Waals surface area contributed by atoms with Gasteiger partial charge in [-0.3, -0.25) is 19.9 Å². The first kappa shape index (κ1) is 17.3. The molecular formula is C19H17N5O2S. The van der Waals surface area contributed by atoms with Crippen LogP contribution in [0.4, 0.5) is 5.13 Å². The highest BCUT2D eigenvalue weighted by atomic mass is 32.1. The van der Waals surface area contributed by atoms with Gasteiger partial charge in [0.15, 0.2) is 5.13 Å². The minimum absolute atomic E-state index is 0.102. The van der Waals surface area contributed by atoms with Crippen molar-refractivity contribution in [3.63, 3.8) is 0 Å². The summed E-state index contributed by atoms with van der Waals surface area (Å²) in [5.41, 5.74) is 2.19. The van der Waals surface area contributed by atoms with Crippen LogP contribution in [0, 0.1) is 0 Å². The molecule has 0 unspecified atom stereocenters. The molecule has 0 atom stereocenters.